The van der Waals surface area contributed by atoms with Crippen molar-refractivity contribution in [3.8, 4) is 0 Å². The number of carboxylic acids is 1. The van der Waals surface area contributed by atoms with Gasteiger partial charge in [-0.1, -0.05) is 11.6 Å². The van der Waals surface area contributed by atoms with Crippen LogP contribution in [0.2, 0.25) is 5.02 Å². The smallest absolute Gasteiger partial charge is 0.337 e. The van der Waals surface area contributed by atoms with Crippen molar-refractivity contribution in [2.24, 2.45) is 0 Å². The first-order chi connectivity index (χ1) is 10.5. The lowest BCUT2D eigenvalue weighted by molar-refractivity contribution is 0.0698. The summed E-state index contributed by atoms with van der Waals surface area (Å²) in [6, 6.07) is 6.19. The summed E-state index contributed by atoms with van der Waals surface area (Å²) in [5.74, 6) is -0.906. The molecular weight excluding hydrogens is 308 g/mol. The van der Waals surface area contributed by atoms with Gasteiger partial charge in [0.15, 0.2) is 0 Å². The number of aromatic carboxylic acids is 1. The minimum atomic E-state index is -1.15. The van der Waals surface area contributed by atoms with E-state index in [1.807, 2.05) is 0 Å². The Labute approximate surface area is 132 Å². The molecule has 0 aliphatic heterocycles. The van der Waals surface area contributed by atoms with E-state index in [1.54, 1.807) is 19.1 Å². The number of amides is 1. The predicted octanol–water partition coefficient (Wildman–Crippen LogP) is 2.99. The Morgan fingerprint density at radius 1 is 1.32 bits per heavy atom. The Balaban J connectivity index is 2.31. The van der Waals surface area contributed by atoms with Gasteiger partial charge in [-0.2, -0.15) is 0 Å². The number of benzene rings is 1. The lowest BCUT2D eigenvalue weighted by atomic mass is 10.1. The maximum absolute atomic E-state index is 11.9. The molecule has 0 unspecified atom stereocenters. The van der Waals surface area contributed by atoms with Crippen LogP contribution in [0.4, 0.5) is 5.69 Å². The molecule has 0 radical (unpaired) electrons. The number of hydrogen-bond donors (Lipinski definition) is 3. The van der Waals surface area contributed by atoms with Crippen molar-refractivity contribution < 1.29 is 19.1 Å². The number of carbonyl (C=O) groups is 2. The number of nitrogens with one attached hydrogen (secondary N) is 2. The Morgan fingerprint density at radius 2 is 2.09 bits per heavy atom. The van der Waals surface area contributed by atoms with Crippen LogP contribution in [0.3, 0.4) is 0 Å². The van der Waals surface area contributed by atoms with Crippen LogP contribution in [0.5, 0.6) is 0 Å². The van der Waals surface area contributed by atoms with Gasteiger partial charge in [0, 0.05) is 6.54 Å². The second kappa shape index (κ2) is 7.00. The van der Waals surface area contributed by atoms with Gasteiger partial charge in [-0.15, -0.1) is 0 Å². The predicted molar refractivity (Wildman–Crippen MR) is 82.5 cm³/mol. The lowest BCUT2D eigenvalue weighted by Crippen LogP contribution is -2.23. The van der Waals surface area contributed by atoms with E-state index >= 15 is 0 Å². The second-order valence-electron chi connectivity index (χ2n) is 4.48. The standard InChI is InChI=1S/C15H15ClN2O4/c1-2-17-14(19)10-6-11(15(20)21)13(7-12(10)16)18-8-9-4-3-5-22-9/h3-7,18H,2,8H2,1H3,(H,17,19)(H,20,21). The van der Waals surface area contributed by atoms with E-state index in [1.165, 1.54) is 18.4 Å². The molecule has 3 N–H and O–H groups in total. The van der Waals surface area contributed by atoms with Crippen molar-refractivity contribution in [1.29, 1.82) is 0 Å². The van der Waals surface area contributed by atoms with Crippen molar-refractivity contribution >= 4 is 29.2 Å². The summed E-state index contributed by atoms with van der Waals surface area (Å²) < 4.78 is 5.17. The molecule has 1 heterocycles. The number of carboxylic acid groups (broad SMARTS) is 1. The average Bonchev–Trinajstić information content (AvgIpc) is 2.98. The zero-order valence-corrected chi connectivity index (χ0v) is 12.6. The van der Waals surface area contributed by atoms with Crippen molar-refractivity contribution in [1.82, 2.24) is 5.32 Å². The fourth-order valence-electron chi connectivity index (χ4n) is 1.92. The number of halogens is 1. The Morgan fingerprint density at radius 3 is 2.68 bits per heavy atom. The molecule has 0 aliphatic carbocycles. The second-order valence-corrected chi connectivity index (χ2v) is 4.88. The van der Waals surface area contributed by atoms with E-state index in [9.17, 15) is 14.7 Å². The minimum absolute atomic E-state index is 0.0304. The zero-order valence-electron chi connectivity index (χ0n) is 11.9. The largest absolute Gasteiger partial charge is 0.478 e. The summed E-state index contributed by atoms with van der Waals surface area (Å²) in [7, 11) is 0. The van der Waals surface area contributed by atoms with E-state index < -0.39 is 11.9 Å². The van der Waals surface area contributed by atoms with Gasteiger partial charge in [0.05, 0.1) is 34.6 Å². The number of carbonyl (C=O) groups excluding carboxylic acids is 1. The van der Waals surface area contributed by atoms with Crippen LogP contribution < -0.4 is 10.6 Å². The highest BCUT2D eigenvalue weighted by atomic mass is 35.5. The van der Waals surface area contributed by atoms with Crippen LogP contribution in [0, 0.1) is 0 Å². The first-order valence-electron chi connectivity index (χ1n) is 6.64. The Bertz CT molecular complexity index is 683. The van der Waals surface area contributed by atoms with Gasteiger partial charge in [0.2, 0.25) is 0 Å². The van der Waals surface area contributed by atoms with E-state index in [4.69, 9.17) is 16.0 Å². The van der Waals surface area contributed by atoms with Gasteiger partial charge in [0.25, 0.3) is 5.91 Å². The number of furan rings is 1. The van der Waals surface area contributed by atoms with Gasteiger partial charge in [-0.25, -0.2) is 4.79 Å². The molecule has 0 spiro atoms. The molecule has 1 aromatic heterocycles. The molecule has 7 heteroatoms. The molecule has 0 fully saturated rings. The zero-order chi connectivity index (χ0) is 16.1. The molecule has 2 rings (SSSR count). The highest BCUT2D eigenvalue weighted by Gasteiger charge is 2.18. The topological polar surface area (TPSA) is 91.6 Å². The molecule has 2 aromatic rings. The maximum atomic E-state index is 11.9. The third-order valence-corrected chi connectivity index (χ3v) is 3.27. The fraction of sp³-hybridized carbons (Fsp3) is 0.200. The lowest BCUT2D eigenvalue weighted by Gasteiger charge is -2.12. The Kier molecular flexibility index (Phi) is 5.06. The quantitative estimate of drug-likeness (QED) is 0.760. The molecule has 0 atom stereocenters. The summed E-state index contributed by atoms with van der Waals surface area (Å²) in [6.45, 7) is 2.50. The highest BCUT2D eigenvalue weighted by Crippen LogP contribution is 2.26. The van der Waals surface area contributed by atoms with E-state index in [0.29, 0.717) is 24.5 Å². The monoisotopic (exact) mass is 322 g/mol. The number of hydrogen-bond acceptors (Lipinski definition) is 4. The third kappa shape index (κ3) is 3.59. The van der Waals surface area contributed by atoms with Crippen molar-refractivity contribution in [3.63, 3.8) is 0 Å². The van der Waals surface area contributed by atoms with Crippen LogP contribution in [0.1, 0.15) is 33.4 Å². The van der Waals surface area contributed by atoms with E-state index in [0.717, 1.165) is 0 Å². The van der Waals surface area contributed by atoms with Crippen LogP contribution >= 0.6 is 11.6 Å². The SMILES string of the molecule is CCNC(=O)c1cc(C(=O)O)c(NCc2ccco2)cc1Cl. The molecule has 0 bridgehead atoms. The van der Waals surface area contributed by atoms with Crippen LogP contribution in [0.25, 0.3) is 0 Å². The van der Waals surface area contributed by atoms with Crippen LogP contribution in [0.15, 0.2) is 34.9 Å². The molecular formula is C15H15ClN2O4. The van der Waals surface area contributed by atoms with E-state index in [2.05, 4.69) is 10.6 Å². The fourth-order valence-corrected chi connectivity index (χ4v) is 2.17. The van der Waals surface area contributed by atoms with E-state index in [-0.39, 0.29) is 16.1 Å². The average molecular weight is 323 g/mol. The molecule has 116 valence electrons. The summed E-state index contributed by atoms with van der Waals surface area (Å²) in [6.07, 6.45) is 1.53. The molecule has 0 saturated carbocycles. The molecule has 1 aromatic carbocycles. The molecule has 0 saturated heterocycles. The van der Waals surface area contributed by atoms with Crippen LogP contribution in [-0.2, 0) is 6.54 Å². The van der Waals surface area contributed by atoms with Crippen molar-refractivity contribution in [2.75, 3.05) is 11.9 Å². The Hall–Kier alpha value is -2.47. The molecule has 6 nitrogen and oxygen atoms in total. The maximum Gasteiger partial charge on any atom is 0.337 e. The van der Waals surface area contributed by atoms with Gasteiger partial charge in [-0.3, -0.25) is 4.79 Å². The summed E-state index contributed by atoms with van der Waals surface area (Å²) in [4.78, 5) is 23.3. The molecule has 0 aliphatic rings. The third-order valence-electron chi connectivity index (χ3n) is 2.95. The van der Waals surface area contributed by atoms with Gasteiger partial charge in [-0.05, 0) is 31.2 Å². The normalized spacial score (nSPS) is 10.3. The summed E-state index contributed by atoms with van der Waals surface area (Å²) in [5.41, 5.74) is 0.420. The van der Waals surface area contributed by atoms with Gasteiger partial charge >= 0.3 is 5.97 Å². The summed E-state index contributed by atoms with van der Waals surface area (Å²) >= 11 is 6.08. The van der Waals surface area contributed by atoms with Crippen molar-refractivity contribution in [2.45, 2.75) is 13.5 Å². The summed E-state index contributed by atoms with van der Waals surface area (Å²) in [5, 5.41) is 15.0. The minimum Gasteiger partial charge on any atom is -0.478 e. The van der Waals surface area contributed by atoms with Crippen molar-refractivity contribution in [3.05, 3.63) is 52.4 Å². The first-order valence-corrected chi connectivity index (χ1v) is 7.02. The molecule has 1 amide bonds. The highest BCUT2D eigenvalue weighted by molar-refractivity contribution is 6.34. The first kappa shape index (κ1) is 15.9. The van der Waals surface area contributed by atoms with Gasteiger partial charge < -0.3 is 20.2 Å². The number of anilines is 1. The van der Waals surface area contributed by atoms with Gasteiger partial charge in [0.1, 0.15) is 5.76 Å². The number of rotatable bonds is 6. The molecule has 22 heavy (non-hydrogen) atoms. The van der Waals surface area contributed by atoms with Crippen LogP contribution in [-0.4, -0.2) is 23.5 Å².